The van der Waals surface area contributed by atoms with Gasteiger partial charge in [-0.25, -0.2) is 5.43 Å². The van der Waals surface area contributed by atoms with E-state index < -0.39 is 0 Å². The zero-order valence-electron chi connectivity index (χ0n) is 14.7. The van der Waals surface area contributed by atoms with Crippen molar-refractivity contribution in [3.63, 3.8) is 0 Å². The predicted molar refractivity (Wildman–Crippen MR) is 111 cm³/mol. The molecule has 3 heteroatoms. The Morgan fingerprint density at radius 2 is 1.37 bits per heavy atom. The summed E-state index contributed by atoms with van der Waals surface area (Å²) in [5.41, 5.74) is 6.34. The third kappa shape index (κ3) is 3.77. The maximum absolute atomic E-state index is 12.3. The normalized spacial score (nSPS) is 11.0. The fourth-order valence-electron chi connectivity index (χ4n) is 3.03. The molecule has 4 aromatic carbocycles. The summed E-state index contributed by atoms with van der Waals surface area (Å²) < 4.78 is 0. The lowest BCUT2D eigenvalue weighted by Gasteiger charge is -2.04. The second-order valence-corrected chi connectivity index (χ2v) is 6.21. The van der Waals surface area contributed by atoms with Gasteiger partial charge < -0.3 is 0 Å². The van der Waals surface area contributed by atoms with E-state index in [2.05, 4.69) is 22.7 Å². The molecule has 0 spiro atoms. The molecule has 0 aromatic heterocycles. The molecule has 0 aliphatic heterocycles. The number of rotatable bonds is 4. The van der Waals surface area contributed by atoms with Crippen molar-refractivity contribution in [1.82, 2.24) is 5.43 Å². The molecule has 0 saturated heterocycles. The van der Waals surface area contributed by atoms with Gasteiger partial charge in [0, 0.05) is 11.1 Å². The number of carbonyl (C=O) groups is 1. The summed E-state index contributed by atoms with van der Waals surface area (Å²) in [5, 5.41) is 6.37. The molecule has 0 unspecified atom stereocenters. The van der Waals surface area contributed by atoms with E-state index in [1.807, 2.05) is 84.9 Å². The summed E-state index contributed by atoms with van der Waals surface area (Å²) in [5.74, 6) is -0.230. The molecule has 0 fully saturated rings. The van der Waals surface area contributed by atoms with Crippen molar-refractivity contribution < 1.29 is 4.79 Å². The zero-order valence-corrected chi connectivity index (χ0v) is 14.7. The van der Waals surface area contributed by atoms with Gasteiger partial charge in [-0.3, -0.25) is 4.79 Å². The number of nitrogens with one attached hydrogen (secondary N) is 1. The van der Waals surface area contributed by atoms with Crippen molar-refractivity contribution in [1.29, 1.82) is 0 Å². The average Bonchev–Trinajstić information content (AvgIpc) is 2.74. The third-order valence-corrected chi connectivity index (χ3v) is 4.45. The summed E-state index contributed by atoms with van der Waals surface area (Å²) in [7, 11) is 0. The monoisotopic (exact) mass is 350 g/mol. The summed E-state index contributed by atoms with van der Waals surface area (Å²) in [4.78, 5) is 12.3. The van der Waals surface area contributed by atoms with E-state index in [0.717, 1.165) is 27.5 Å². The van der Waals surface area contributed by atoms with Crippen LogP contribution in [-0.4, -0.2) is 12.1 Å². The van der Waals surface area contributed by atoms with E-state index in [-0.39, 0.29) is 5.91 Å². The minimum Gasteiger partial charge on any atom is -0.267 e. The smallest absolute Gasteiger partial charge is 0.267 e. The lowest BCUT2D eigenvalue weighted by atomic mass is 10.0. The Bertz CT molecular complexity index is 1090. The molecule has 0 aliphatic carbocycles. The highest BCUT2D eigenvalue weighted by Gasteiger charge is 2.05. The Kier molecular flexibility index (Phi) is 4.75. The van der Waals surface area contributed by atoms with Crippen LogP contribution in [0.1, 0.15) is 15.9 Å². The number of benzene rings is 4. The van der Waals surface area contributed by atoms with Crippen molar-refractivity contribution in [3.8, 4) is 11.1 Å². The molecule has 0 radical (unpaired) electrons. The molecular formula is C24H18N2O. The summed E-state index contributed by atoms with van der Waals surface area (Å²) in [6.07, 6.45) is 1.68. The van der Waals surface area contributed by atoms with Gasteiger partial charge in [-0.1, -0.05) is 84.9 Å². The van der Waals surface area contributed by atoms with Crippen LogP contribution in [0.4, 0.5) is 0 Å². The largest absolute Gasteiger partial charge is 0.271 e. The van der Waals surface area contributed by atoms with Crippen LogP contribution in [0, 0.1) is 0 Å². The highest BCUT2D eigenvalue weighted by atomic mass is 16.2. The lowest BCUT2D eigenvalue weighted by Crippen LogP contribution is -2.17. The van der Waals surface area contributed by atoms with Crippen molar-refractivity contribution in [3.05, 3.63) is 108 Å². The number of nitrogens with zero attached hydrogens (tertiary/aromatic N) is 1. The van der Waals surface area contributed by atoms with Gasteiger partial charge in [0.1, 0.15) is 0 Å². The number of hydrogen-bond acceptors (Lipinski definition) is 2. The first kappa shape index (κ1) is 16.7. The van der Waals surface area contributed by atoms with Gasteiger partial charge in [0.05, 0.1) is 6.21 Å². The molecular weight excluding hydrogens is 332 g/mol. The zero-order chi connectivity index (χ0) is 18.5. The minimum atomic E-state index is -0.230. The summed E-state index contributed by atoms with van der Waals surface area (Å²) in [6, 6.07) is 31.7. The molecule has 4 aromatic rings. The van der Waals surface area contributed by atoms with Crippen LogP contribution in [0.25, 0.3) is 21.9 Å². The van der Waals surface area contributed by atoms with E-state index in [9.17, 15) is 4.79 Å². The molecule has 0 saturated carbocycles. The van der Waals surface area contributed by atoms with Gasteiger partial charge in [0.15, 0.2) is 0 Å². The second-order valence-electron chi connectivity index (χ2n) is 6.21. The first-order valence-electron chi connectivity index (χ1n) is 8.78. The molecule has 0 bridgehead atoms. The molecule has 0 heterocycles. The van der Waals surface area contributed by atoms with E-state index in [0.29, 0.717) is 5.56 Å². The number of carbonyl (C=O) groups excluding carboxylic acids is 1. The maximum atomic E-state index is 12.3. The van der Waals surface area contributed by atoms with Crippen LogP contribution in [0.2, 0.25) is 0 Å². The van der Waals surface area contributed by atoms with E-state index in [1.165, 1.54) is 0 Å². The SMILES string of the molecule is O=C(NN=Cc1cccc2ccccc12)c1ccc(-c2ccccc2)cc1. The van der Waals surface area contributed by atoms with E-state index in [1.54, 1.807) is 6.21 Å². The number of hydrogen-bond donors (Lipinski definition) is 1. The van der Waals surface area contributed by atoms with Gasteiger partial charge in [-0.05, 0) is 34.0 Å². The first-order valence-corrected chi connectivity index (χ1v) is 8.78. The number of fused-ring (bicyclic) bond motifs is 1. The third-order valence-electron chi connectivity index (χ3n) is 4.45. The maximum Gasteiger partial charge on any atom is 0.271 e. The molecule has 0 atom stereocenters. The lowest BCUT2D eigenvalue weighted by molar-refractivity contribution is 0.0955. The van der Waals surface area contributed by atoms with Crippen LogP contribution in [0.5, 0.6) is 0 Å². The highest BCUT2D eigenvalue weighted by Crippen LogP contribution is 2.19. The Labute approximate surface area is 158 Å². The molecule has 27 heavy (non-hydrogen) atoms. The molecule has 0 aliphatic rings. The standard InChI is InChI=1S/C24H18N2O/c27-24(21-15-13-19(14-16-21)18-7-2-1-3-8-18)26-25-17-22-11-6-10-20-9-4-5-12-23(20)22/h1-17H,(H,26,27). The van der Waals surface area contributed by atoms with E-state index in [4.69, 9.17) is 0 Å². The molecule has 3 nitrogen and oxygen atoms in total. The van der Waals surface area contributed by atoms with Crippen LogP contribution < -0.4 is 5.43 Å². The van der Waals surface area contributed by atoms with Crippen LogP contribution in [0.15, 0.2) is 102 Å². The summed E-state index contributed by atoms with van der Waals surface area (Å²) >= 11 is 0. The Morgan fingerprint density at radius 1 is 0.704 bits per heavy atom. The highest BCUT2D eigenvalue weighted by molar-refractivity contribution is 6.00. The average molecular weight is 350 g/mol. The van der Waals surface area contributed by atoms with Crippen molar-refractivity contribution in [2.45, 2.75) is 0 Å². The Balaban J connectivity index is 1.47. The fourth-order valence-corrected chi connectivity index (χ4v) is 3.03. The Hall–Kier alpha value is -3.72. The molecule has 130 valence electrons. The van der Waals surface area contributed by atoms with Gasteiger partial charge in [-0.15, -0.1) is 0 Å². The predicted octanol–water partition coefficient (Wildman–Crippen LogP) is 5.27. The quantitative estimate of drug-likeness (QED) is 0.395. The van der Waals surface area contributed by atoms with Gasteiger partial charge in [0.2, 0.25) is 0 Å². The Morgan fingerprint density at radius 3 is 2.19 bits per heavy atom. The first-order chi connectivity index (χ1) is 13.3. The van der Waals surface area contributed by atoms with Crippen LogP contribution >= 0.6 is 0 Å². The minimum absolute atomic E-state index is 0.230. The number of amides is 1. The second kappa shape index (κ2) is 7.67. The molecule has 1 amide bonds. The fraction of sp³-hybridized carbons (Fsp3) is 0. The van der Waals surface area contributed by atoms with Gasteiger partial charge >= 0.3 is 0 Å². The van der Waals surface area contributed by atoms with Gasteiger partial charge in [0.25, 0.3) is 5.91 Å². The number of hydrazone groups is 1. The van der Waals surface area contributed by atoms with Crippen molar-refractivity contribution in [2.24, 2.45) is 5.10 Å². The van der Waals surface area contributed by atoms with Crippen LogP contribution in [-0.2, 0) is 0 Å². The van der Waals surface area contributed by atoms with Crippen molar-refractivity contribution in [2.75, 3.05) is 0 Å². The van der Waals surface area contributed by atoms with Crippen LogP contribution in [0.3, 0.4) is 0 Å². The van der Waals surface area contributed by atoms with Crippen molar-refractivity contribution >= 4 is 22.9 Å². The summed E-state index contributed by atoms with van der Waals surface area (Å²) in [6.45, 7) is 0. The topological polar surface area (TPSA) is 41.5 Å². The van der Waals surface area contributed by atoms with E-state index >= 15 is 0 Å². The molecule has 1 N–H and O–H groups in total. The molecule has 4 rings (SSSR count). The van der Waals surface area contributed by atoms with Gasteiger partial charge in [-0.2, -0.15) is 5.10 Å².